The zero-order valence-electron chi connectivity index (χ0n) is 17.8. The Kier molecular flexibility index (Phi) is 7.15. The number of ether oxygens (including phenoxy) is 1. The minimum absolute atomic E-state index is 0.0145. The molecule has 2 aromatic carbocycles. The van der Waals surface area contributed by atoms with Gasteiger partial charge in [-0.25, -0.2) is 13.1 Å². The number of aryl methyl sites for hydroxylation is 1. The lowest BCUT2D eigenvalue weighted by atomic mass is 10.0. The molecule has 1 aliphatic rings. The quantitative estimate of drug-likeness (QED) is 0.613. The van der Waals surface area contributed by atoms with Gasteiger partial charge in [-0.3, -0.25) is 4.79 Å². The van der Waals surface area contributed by atoms with Crippen LogP contribution in [-0.2, 0) is 21.2 Å². The smallest absolute Gasteiger partial charge is 0.240 e. The van der Waals surface area contributed by atoms with Gasteiger partial charge in [-0.1, -0.05) is 38.1 Å². The van der Waals surface area contributed by atoms with Crippen molar-refractivity contribution >= 4 is 21.6 Å². The number of carbonyl (C=O) groups is 1. The normalized spacial score (nSPS) is 14.5. The first-order chi connectivity index (χ1) is 14.3. The maximum absolute atomic E-state index is 12.8. The summed E-state index contributed by atoms with van der Waals surface area (Å²) < 4.78 is 33.5. The molecule has 0 unspecified atom stereocenters. The third-order valence-corrected chi connectivity index (χ3v) is 6.86. The maximum atomic E-state index is 12.8. The molecule has 0 atom stereocenters. The molecule has 2 aromatic rings. The van der Waals surface area contributed by atoms with Gasteiger partial charge < -0.3 is 9.64 Å². The average Bonchev–Trinajstić information content (AvgIpc) is 3.16. The van der Waals surface area contributed by atoms with Crippen molar-refractivity contribution in [3.05, 3.63) is 53.6 Å². The van der Waals surface area contributed by atoms with Crippen LogP contribution in [0.1, 0.15) is 50.2 Å². The van der Waals surface area contributed by atoms with E-state index in [9.17, 15) is 13.2 Å². The fourth-order valence-electron chi connectivity index (χ4n) is 3.60. The lowest BCUT2D eigenvalue weighted by Gasteiger charge is -2.20. The number of nitrogens with zero attached hydrogens (tertiary/aromatic N) is 1. The van der Waals surface area contributed by atoms with E-state index in [2.05, 4.69) is 42.8 Å². The summed E-state index contributed by atoms with van der Waals surface area (Å²) in [6.07, 6.45) is 2.73. The second-order valence-corrected chi connectivity index (χ2v) is 9.65. The fraction of sp³-hybridized carbons (Fsp3) is 0.435. The van der Waals surface area contributed by atoms with Crippen LogP contribution < -0.4 is 14.4 Å². The van der Waals surface area contributed by atoms with Crippen LogP contribution in [0.2, 0.25) is 0 Å². The number of rotatable bonds is 9. The summed E-state index contributed by atoms with van der Waals surface area (Å²) in [7, 11) is -2.16. The van der Waals surface area contributed by atoms with Crippen molar-refractivity contribution in [1.82, 2.24) is 4.72 Å². The number of hydrogen-bond donors (Lipinski definition) is 1. The van der Waals surface area contributed by atoms with Crippen molar-refractivity contribution < 1.29 is 17.9 Å². The zero-order chi connectivity index (χ0) is 21.7. The molecule has 1 aliphatic heterocycles. The van der Waals surface area contributed by atoms with Crippen LogP contribution >= 0.6 is 0 Å². The third-order valence-electron chi connectivity index (χ3n) is 5.41. The summed E-state index contributed by atoms with van der Waals surface area (Å²) in [5.74, 6) is 0.976. The zero-order valence-corrected chi connectivity index (χ0v) is 18.7. The van der Waals surface area contributed by atoms with Gasteiger partial charge in [0.2, 0.25) is 15.9 Å². The van der Waals surface area contributed by atoms with Crippen molar-refractivity contribution in [2.24, 2.45) is 0 Å². The molecule has 1 fully saturated rings. The molecule has 3 rings (SSSR count). The highest BCUT2D eigenvalue weighted by Gasteiger charge is 2.26. The van der Waals surface area contributed by atoms with Crippen LogP contribution in [0, 0.1) is 0 Å². The monoisotopic (exact) mass is 430 g/mol. The van der Waals surface area contributed by atoms with Gasteiger partial charge in [0.05, 0.1) is 17.7 Å². The van der Waals surface area contributed by atoms with Gasteiger partial charge in [-0.15, -0.1) is 0 Å². The van der Waals surface area contributed by atoms with E-state index in [1.165, 1.54) is 30.4 Å². The average molecular weight is 431 g/mol. The highest BCUT2D eigenvalue weighted by molar-refractivity contribution is 7.89. The van der Waals surface area contributed by atoms with Crippen LogP contribution in [-0.4, -0.2) is 34.5 Å². The summed E-state index contributed by atoms with van der Waals surface area (Å²) in [5, 5.41) is 0. The van der Waals surface area contributed by atoms with Crippen LogP contribution in [0.3, 0.4) is 0 Å². The topological polar surface area (TPSA) is 75.7 Å². The molecule has 1 saturated heterocycles. The highest BCUT2D eigenvalue weighted by Crippen LogP contribution is 2.33. The van der Waals surface area contributed by atoms with Crippen LogP contribution in [0.15, 0.2) is 47.4 Å². The predicted octanol–water partition coefficient (Wildman–Crippen LogP) is 3.86. The number of carbonyl (C=O) groups excluding carboxylic acids is 1. The number of amides is 1. The first-order valence-corrected chi connectivity index (χ1v) is 11.9. The van der Waals surface area contributed by atoms with E-state index in [4.69, 9.17) is 4.74 Å². The maximum Gasteiger partial charge on any atom is 0.240 e. The fourth-order valence-corrected chi connectivity index (χ4v) is 4.70. The van der Waals surface area contributed by atoms with Crippen LogP contribution in [0.25, 0.3) is 0 Å². The van der Waals surface area contributed by atoms with Gasteiger partial charge in [0.15, 0.2) is 0 Å². The van der Waals surface area contributed by atoms with Crippen molar-refractivity contribution in [3.8, 4) is 5.75 Å². The van der Waals surface area contributed by atoms with Crippen molar-refractivity contribution in [2.45, 2.75) is 50.3 Å². The molecule has 162 valence electrons. The van der Waals surface area contributed by atoms with E-state index in [0.717, 1.165) is 12.8 Å². The molecule has 30 heavy (non-hydrogen) atoms. The minimum Gasteiger partial charge on any atom is -0.495 e. The summed E-state index contributed by atoms with van der Waals surface area (Å²) in [6, 6.07) is 13.1. The molecule has 0 spiro atoms. The number of sulfonamides is 1. The Labute approximate surface area is 179 Å². The lowest BCUT2D eigenvalue weighted by Crippen LogP contribution is -2.27. The molecule has 1 N–H and O–H groups in total. The molecular weight excluding hydrogens is 400 g/mol. The minimum atomic E-state index is -3.67. The number of nitrogens with one attached hydrogen (secondary N) is 1. The Morgan fingerprint density at radius 1 is 1.13 bits per heavy atom. The molecule has 7 heteroatoms. The number of methoxy groups -OCH3 is 1. The summed E-state index contributed by atoms with van der Waals surface area (Å²) in [6.45, 7) is 5.24. The second kappa shape index (κ2) is 9.62. The Bertz CT molecular complexity index is 985. The van der Waals surface area contributed by atoms with E-state index >= 15 is 0 Å². The SMILES string of the molecule is COc1ccc(S(=O)(=O)NCCCc2ccc(C(C)C)cc2)cc1N1CCCC1=O. The van der Waals surface area contributed by atoms with Crippen molar-refractivity contribution in [2.75, 3.05) is 25.1 Å². The standard InChI is InChI=1S/C23H30N2O4S/c1-17(2)19-10-8-18(9-11-19)6-4-14-24-30(27,28)20-12-13-22(29-3)21(16-20)25-15-5-7-23(25)26/h8-13,16-17,24H,4-7,14-15H2,1-3H3. The van der Waals surface area contributed by atoms with Gasteiger partial charge in [0.1, 0.15) is 5.75 Å². The number of anilines is 1. The Morgan fingerprint density at radius 2 is 1.87 bits per heavy atom. The van der Waals surface area contributed by atoms with Crippen LogP contribution in [0.5, 0.6) is 5.75 Å². The molecule has 0 saturated carbocycles. The molecule has 1 amide bonds. The highest BCUT2D eigenvalue weighted by atomic mass is 32.2. The first-order valence-electron chi connectivity index (χ1n) is 10.4. The summed E-state index contributed by atoms with van der Waals surface area (Å²) >= 11 is 0. The predicted molar refractivity (Wildman–Crippen MR) is 119 cm³/mol. The Balaban J connectivity index is 1.63. The van der Waals surface area contributed by atoms with E-state index in [1.54, 1.807) is 11.0 Å². The van der Waals surface area contributed by atoms with E-state index in [-0.39, 0.29) is 10.8 Å². The lowest BCUT2D eigenvalue weighted by molar-refractivity contribution is -0.117. The molecule has 0 aliphatic carbocycles. The Hall–Kier alpha value is -2.38. The van der Waals surface area contributed by atoms with E-state index < -0.39 is 10.0 Å². The van der Waals surface area contributed by atoms with Gasteiger partial charge >= 0.3 is 0 Å². The molecule has 0 radical (unpaired) electrons. The molecular formula is C23H30N2O4S. The van der Waals surface area contributed by atoms with Gasteiger partial charge in [-0.05, 0) is 54.5 Å². The van der Waals surface area contributed by atoms with E-state index in [0.29, 0.717) is 43.3 Å². The number of benzene rings is 2. The Morgan fingerprint density at radius 3 is 2.47 bits per heavy atom. The van der Waals surface area contributed by atoms with E-state index in [1.807, 2.05) is 0 Å². The largest absolute Gasteiger partial charge is 0.495 e. The second-order valence-electron chi connectivity index (χ2n) is 7.88. The van der Waals surface area contributed by atoms with Gasteiger partial charge in [0.25, 0.3) is 0 Å². The summed E-state index contributed by atoms with van der Waals surface area (Å²) in [4.78, 5) is 13.8. The molecule has 6 nitrogen and oxygen atoms in total. The molecule has 1 heterocycles. The van der Waals surface area contributed by atoms with Gasteiger partial charge in [0, 0.05) is 19.5 Å². The van der Waals surface area contributed by atoms with Crippen molar-refractivity contribution in [3.63, 3.8) is 0 Å². The molecule has 0 aromatic heterocycles. The third kappa shape index (κ3) is 5.21. The van der Waals surface area contributed by atoms with Crippen LogP contribution in [0.4, 0.5) is 5.69 Å². The number of hydrogen-bond acceptors (Lipinski definition) is 4. The molecule has 0 bridgehead atoms. The first kappa shape index (κ1) is 22.3. The van der Waals surface area contributed by atoms with Gasteiger partial charge in [-0.2, -0.15) is 0 Å². The van der Waals surface area contributed by atoms with Crippen molar-refractivity contribution in [1.29, 1.82) is 0 Å². The summed E-state index contributed by atoms with van der Waals surface area (Å²) in [5.41, 5.74) is 3.00.